The van der Waals surface area contributed by atoms with Crippen molar-refractivity contribution in [3.8, 4) is 17.0 Å². The highest BCUT2D eigenvalue weighted by Gasteiger charge is 2.26. The standard InChI is InChI=1S/C24H22ClF2N3O4/c1-2-9-34-24(33)30-7-5-29(6-8-30)23(32)14-3-4-16-17(25)13-20(28-21(16)12-14)15-10-18(26)22(31)19(27)11-15/h3-4,10-13,31H,2,5-9H2,1H3. The highest BCUT2D eigenvalue weighted by atomic mass is 35.5. The van der Waals surface area contributed by atoms with Gasteiger partial charge >= 0.3 is 6.09 Å². The predicted octanol–water partition coefficient (Wildman–Crippen LogP) is 4.84. The summed E-state index contributed by atoms with van der Waals surface area (Å²) in [5, 5.41) is 10.2. The van der Waals surface area contributed by atoms with Crippen molar-refractivity contribution in [3.05, 3.63) is 58.6 Å². The number of pyridine rings is 1. The third-order valence-corrected chi connectivity index (χ3v) is 5.89. The van der Waals surface area contributed by atoms with E-state index in [2.05, 4.69) is 4.98 Å². The normalized spacial score (nSPS) is 13.9. The number of piperazine rings is 1. The molecule has 1 saturated heterocycles. The molecule has 1 aliphatic rings. The molecule has 0 saturated carbocycles. The molecule has 3 aromatic rings. The summed E-state index contributed by atoms with van der Waals surface area (Å²) in [6, 6.07) is 8.26. The fourth-order valence-corrected chi connectivity index (χ4v) is 4.00. The first kappa shape index (κ1) is 23.7. The molecule has 4 rings (SSSR count). The van der Waals surface area contributed by atoms with Gasteiger partial charge in [-0.3, -0.25) is 4.79 Å². The number of nitrogens with zero attached hydrogens (tertiary/aromatic N) is 3. The molecule has 1 fully saturated rings. The number of aromatic nitrogens is 1. The lowest BCUT2D eigenvalue weighted by Crippen LogP contribution is -2.50. The van der Waals surface area contributed by atoms with Gasteiger partial charge in [-0.25, -0.2) is 18.6 Å². The van der Waals surface area contributed by atoms with Crippen LogP contribution in [0.3, 0.4) is 0 Å². The van der Waals surface area contributed by atoms with E-state index >= 15 is 0 Å². The number of rotatable bonds is 4. The number of phenolic OH excluding ortho intramolecular Hbond substituents is 1. The van der Waals surface area contributed by atoms with Crippen molar-refractivity contribution >= 4 is 34.5 Å². The van der Waals surface area contributed by atoms with E-state index in [9.17, 15) is 23.5 Å². The maximum absolute atomic E-state index is 13.8. The molecule has 34 heavy (non-hydrogen) atoms. The van der Waals surface area contributed by atoms with Crippen molar-refractivity contribution in [3.63, 3.8) is 0 Å². The quantitative estimate of drug-likeness (QED) is 0.567. The van der Waals surface area contributed by atoms with Crippen LogP contribution >= 0.6 is 11.6 Å². The first-order chi connectivity index (χ1) is 16.3. The van der Waals surface area contributed by atoms with Gasteiger partial charge in [0.2, 0.25) is 0 Å². The van der Waals surface area contributed by atoms with Crippen LogP contribution in [0.1, 0.15) is 23.7 Å². The van der Waals surface area contributed by atoms with Gasteiger partial charge in [-0.1, -0.05) is 24.6 Å². The SMILES string of the molecule is CCCOC(=O)N1CCN(C(=O)c2ccc3c(Cl)cc(-c4cc(F)c(O)c(F)c4)nc3c2)CC1. The molecule has 0 radical (unpaired) electrons. The average molecular weight is 490 g/mol. The van der Waals surface area contributed by atoms with E-state index in [1.54, 1.807) is 28.0 Å². The monoisotopic (exact) mass is 489 g/mol. The first-order valence-electron chi connectivity index (χ1n) is 10.8. The van der Waals surface area contributed by atoms with Crippen LogP contribution in [0.25, 0.3) is 22.2 Å². The van der Waals surface area contributed by atoms with E-state index < -0.39 is 17.4 Å². The van der Waals surface area contributed by atoms with Crippen LogP contribution in [-0.4, -0.2) is 64.7 Å². The minimum atomic E-state index is -1.12. The van der Waals surface area contributed by atoms with Crippen LogP contribution in [0, 0.1) is 11.6 Å². The fourth-order valence-electron chi connectivity index (χ4n) is 3.74. The number of halogens is 3. The minimum Gasteiger partial charge on any atom is -0.503 e. The summed E-state index contributed by atoms with van der Waals surface area (Å²) >= 11 is 6.36. The summed E-state index contributed by atoms with van der Waals surface area (Å²) in [6.07, 6.45) is 0.357. The van der Waals surface area contributed by atoms with Crippen LogP contribution in [0.4, 0.5) is 13.6 Å². The van der Waals surface area contributed by atoms with Crippen molar-refractivity contribution in [2.75, 3.05) is 32.8 Å². The van der Waals surface area contributed by atoms with Crippen molar-refractivity contribution in [2.24, 2.45) is 0 Å². The van der Waals surface area contributed by atoms with Crippen LogP contribution in [0.2, 0.25) is 5.02 Å². The maximum atomic E-state index is 13.8. The molecule has 1 aliphatic heterocycles. The predicted molar refractivity (Wildman–Crippen MR) is 123 cm³/mol. The maximum Gasteiger partial charge on any atom is 0.409 e. The Morgan fingerprint density at radius 2 is 1.71 bits per heavy atom. The van der Waals surface area contributed by atoms with E-state index in [1.165, 1.54) is 6.07 Å². The van der Waals surface area contributed by atoms with Crippen LogP contribution in [0.15, 0.2) is 36.4 Å². The van der Waals surface area contributed by atoms with Gasteiger partial charge in [0, 0.05) is 42.7 Å². The second-order valence-electron chi connectivity index (χ2n) is 7.90. The molecule has 7 nitrogen and oxygen atoms in total. The number of aromatic hydroxyl groups is 1. The van der Waals surface area contributed by atoms with Crippen LogP contribution in [-0.2, 0) is 4.74 Å². The lowest BCUT2D eigenvalue weighted by Gasteiger charge is -2.34. The second kappa shape index (κ2) is 9.80. The fraction of sp³-hybridized carbons (Fsp3) is 0.292. The van der Waals surface area contributed by atoms with Gasteiger partial charge < -0.3 is 19.6 Å². The molecule has 2 amide bonds. The molecule has 0 atom stereocenters. The zero-order valence-corrected chi connectivity index (χ0v) is 19.1. The lowest BCUT2D eigenvalue weighted by molar-refractivity contribution is 0.0560. The summed E-state index contributed by atoms with van der Waals surface area (Å²) in [4.78, 5) is 32.7. The third-order valence-electron chi connectivity index (χ3n) is 5.57. The zero-order valence-electron chi connectivity index (χ0n) is 18.4. The van der Waals surface area contributed by atoms with Gasteiger partial charge in [0.1, 0.15) is 0 Å². The second-order valence-corrected chi connectivity index (χ2v) is 8.31. The molecule has 10 heteroatoms. The van der Waals surface area contributed by atoms with Crippen molar-refractivity contribution in [1.29, 1.82) is 0 Å². The smallest absolute Gasteiger partial charge is 0.409 e. The van der Waals surface area contributed by atoms with Crippen LogP contribution in [0.5, 0.6) is 5.75 Å². The van der Waals surface area contributed by atoms with Gasteiger partial charge in [0.25, 0.3) is 5.91 Å². The summed E-state index contributed by atoms with van der Waals surface area (Å²) < 4.78 is 32.8. The molecule has 178 valence electrons. The van der Waals surface area contributed by atoms with E-state index in [0.717, 1.165) is 18.6 Å². The Morgan fingerprint density at radius 3 is 2.35 bits per heavy atom. The van der Waals surface area contributed by atoms with Crippen molar-refractivity contribution < 1.29 is 28.2 Å². The molecule has 1 N–H and O–H groups in total. The van der Waals surface area contributed by atoms with Gasteiger partial charge in [0.05, 0.1) is 22.8 Å². The van der Waals surface area contributed by atoms with Crippen molar-refractivity contribution in [2.45, 2.75) is 13.3 Å². The number of ether oxygens (including phenoxy) is 1. The molecule has 2 aromatic carbocycles. The summed E-state index contributed by atoms with van der Waals surface area (Å²) in [6.45, 7) is 3.73. The highest BCUT2D eigenvalue weighted by molar-refractivity contribution is 6.35. The molecule has 2 heterocycles. The van der Waals surface area contributed by atoms with Crippen molar-refractivity contribution in [1.82, 2.24) is 14.8 Å². The van der Waals surface area contributed by atoms with E-state index in [-0.39, 0.29) is 23.3 Å². The molecule has 0 spiro atoms. The summed E-state index contributed by atoms with van der Waals surface area (Å²) in [5.41, 5.74) is 1.04. The van der Waals surface area contributed by atoms with Gasteiger partial charge in [0.15, 0.2) is 17.4 Å². The number of hydrogen-bond acceptors (Lipinski definition) is 5. The first-order valence-corrected chi connectivity index (χ1v) is 11.2. The highest BCUT2D eigenvalue weighted by Crippen LogP contribution is 2.32. The van der Waals surface area contributed by atoms with E-state index in [1.807, 2.05) is 6.92 Å². The Labute approximate surface area is 199 Å². The number of fused-ring (bicyclic) bond motifs is 1. The number of amides is 2. The molecular weight excluding hydrogens is 468 g/mol. The topological polar surface area (TPSA) is 83.0 Å². The molecule has 0 aliphatic carbocycles. The summed E-state index contributed by atoms with van der Waals surface area (Å²) in [5.74, 6) is -3.53. The van der Waals surface area contributed by atoms with Gasteiger partial charge in [-0.05, 0) is 36.8 Å². The zero-order chi connectivity index (χ0) is 24.4. The molecule has 1 aromatic heterocycles. The Hall–Kier alpha value is -3.46. The molecule has 0 unspecified atom stereocenters. The third kappa shape index (κ3) is 4.75. The summed E-state index contributed by atoms with van der Waals surface area (Å²) in [7, 11) is 0. The number of phenols is 1. The van der Waals surface area contributed by atoms with E-state index in [4.69, 9.17) is 16.3 Å². The lowest BCUT2D eigenvalue weighted by atomic mass is 10.1. The number of carbonyl (C=O) groups excluding carboxylic acids is 2. The Morgan fingerprint density at radius 1 is 1.06 bits per heavy atom. The molecule has 0 bridgehead atoms. The largest absolute Gasteiger partial charge is 0.503 e. The average Bonchev–Trinajstić information content (AvgIpc) is 2.84. The van der Waals surface area contributed by atoms with Crippen LogP contribution < -0.4 is 0 Å². The Kier molecular flexibility index (Phi) is 6.83. The van der Waals surface area contributed by atoms with Gasteiger partial charge in [-0.2, -0.15) is 0 Å². The Bertz CT molecular complexity index is 1240. The minimum absolute atomic E-state index is 0.0967. The van der Waals surface area contributed by atoms with Gasteiger partial charge in [-0.15, -0.1) is 0 Å². The van der Waals surface area contributed by atoms with E-state index in [0.29, 0.717) is 54.3 Å². The molecular formula is C24H22ClF2N3O4. The Balaban J connectivity index is 1.56. The number of hydrogen-bond donors (Lipinski definition) is 1. The number of benzene rings is 2. The number of carbonyl (C=O) groups is 2.